The molecule has 0 amide bonds. The van der Waals surface area contributed by atoms with Crippen molar-refractivity contribution in [2.45, 2.75) is 110 Å². The van der Waals surface area contributed by atoms with Crippen molar-refractivity contribution < 1.29 is 22.3 Å². The molecule has 1 nitrogen and oxygen atoms in total. The molecule has 0 saturated carbocycles. The van der Waals surface area contributed by atoms with Gasteiger partial charge in [-0.25, -0.2) is 17.6 Å². The van der Waals surface area contributed by atoms with E-state index in [4.69, 9.17) is 4.74 Å². The Labute approximate surface area is 231 Å². The fourth-order valence-corrected chi connectivity index (χ4v) is 6.98. The van der Waals surface area contributed by atoms with Gasteiger partial charge in [-0.1, -0.05) is 63.7 Å². The zero-order chi connectivity index (χ0) is 27.5. The predicted molar refractivity (Wildman–Crippen MR) is 149 cm³/mol. The Balaban J connectivity index is 1.30. The van der Waals surface area contributed by atoms with Gasteiger partial charge in [-0.05, 0) is 92.4 Å². The van der Waals surface area contributed by atoms with Crippen LogP contribution in [-0.2, 0) is 17.6 Å². The van der Waals surface area contributed by atoms with Crippen LogP contribution < -0.4 is 0 Å². The molecule has 5 heteroatoms. The van der Waals surface area contributed by atoms with Crippen molar-refractivity contribution in [3.05, 3.63) is 69.3 Å². The number of halogens is 4. The van der Waals surface area contributed by atoms with Crippen LogP contribution in [0.4, 0.5) is 17.6 Å². The molecule has 2 aromatic rings. The molecule has 0 spiro atoms. The molecule has 1 heterocycles. The van der Waals surface area contributed by atoms with Gasteiger partial charge in [-0.3, -0.25) is 0 Å². The van der Waals surface area contributed by atoms with Gasteiger partial charge in [0, 0.05) is 16.7 Å². The first-order chi connectivity index (χ1) is 18.9. The lowest BCUT2D eigenvalue weighted by molar-refractivity contribution is -0.0214. The highest BCUT2D eigenvalue weighted by molar-refractivity contribution is 5.79. The summed E-state index contributed by atoms with van der Waals surface area (Å²) in [5.74, 6) is -2.89. The molecule has 2 aliphatic carbocycles. The van der Waals surface area contributed by atoms with E-state index in [0.717, 1.165) is 38.0 Å². The van der Waals surface area contributed by atoms with Crippen molar-refractivity contribution in [1.82, 2.24) is 0 Å². The van der Waals surface area contributed by atoms with Gasteiger partial charge in [0.25, 0.3) is 0 Å². The third kappa shape index (κ3) is 5.99. The second-order valence-electron chi connectivity index (χ2n) is 12.1. The molecule has 0 radical (unpaired) electrons. The van der Waals surface area contributed by atoms with Crippen LogP contribution >= 0.6 is 0 Å². The summed E-state index contributed by atoms with van der Waals surface area (Å²) in [6.45, 7) is 4.89. The van der Waals surface area contributed by atoms with Gasteiger partial charge in [-0.2, -0.15) is 0 Å². The monoisotopic (exact) mass is 542 g/mol. The molecular formula is C34H42F4O. The van der Waals surface area contributed by atoms with E-state index < -0.39 is 29.4 Å². The number of ether oxygens (including phenoxy) is 1. The summed E-state index contributed by atoms with van der Waals surface area (Å²) >= 11 is 0. The number of hydrogen-bond donors (Lipinski definition) is 0. The predicted octanol–water partition coefficient (Wildman–Crippen LogP) is 10.3. The third-order valence-electron chi connectivity index (χ3n) is 9.27. The number of aryl methyl sites for hydroxylation is 1. The first-order valence-corrected chi connectivity index (χ1v) is 15.2. The quantitative estimate of drug-likeness (QED) is 0.141. The molecule has 0 aromatic heterocycles. The van der Waals surface area contributed by atoms with E-state index in [9.17, 15) is 0 Å². The summed E-state index contributed by atoms with van der Waals surface area (Å²) < 4.78 is 67.2. The van der Waals surface area contributed by atoms with Gasteiger partial charge in [0.15, 0.2) is 23.3 Å². The molecular weight excluding hydrogens is 500 g/mol. The minimum atomic E-state index is -1.09. The van der Waals surface area contributed by atoms with Crippen LogP contribution in [0.1, 0.15) is 119 Å². The van der Waals surface area contributed by atoms with Gasteiger partial charge < -0.3 is 4.74 Å². The Bertz CT molecular complexity index is 1210. The van der Waals surface area contributed by atoms with Crippen molar-refractivity contribution in [3.8, 4) is 11.1 Å². The largest absolute Gasteiger partial charge is 0.373 e. The Morgan fingerprint density at radius 1 is 0.769 bits per heavy atom. The van der Waals surface area contributed by atoms with Gasteiger partial charge in [0.05, 0.1) is 12.7 Å². The van der Waals surface area contributed by atoms with Crippen molar-refractivity contribution in [2.75, 3.05) is 6.61 Å². The average Bonchev–Trinajstić information content (AvgIpc) is 3.32. The minimum absolute atomic E-state index is 0.117. The molecule has 5 rings (SSSR count). The maximum atomic E-state index is 15.4. The Hall–Kier alpha value is -2.14. The van der Waals surface area contributed by atoms with E-state index in [1.165, 1.54) is 37.7 Å². The van der Waals surface area contributed by atoms with Gasteiger partial charge >= 0.3 is 0 Å². The lowest BCUT2D eigenvalue weighted by Crippen LogP contribution is -2.21. The Morgan fingerprint density at radius 3 is 2.21 bits per heavy atom. The lowest BCUT2D eigenvalue weighted by Gasteiger charge is -2.29. The molecule has 39 heavy (non-hydrogen) atoms. The zero-order valence-electron chi connectivity index (χ0n) is 23.5. The summed E-state index contributed by atoms with van der Waals surface area (Å²) in [5.41, 5.74) is 2.65. The van der Waals surface area contributed by atoms with E-state index in [1.807, 2.05) is 0 Å². The van der Waals surface area contributed by atoms with E-state index in [0.29, 0.717) is 48.5 Å². The standard InChI is InChI=1S/C34H42F4O/c1-3-5-6-8-21-9-11-22(12-10-21)13-15-24-17-25-18-26-19-27(28-16-14-23(7-4-2)20-39-28)32(36)34(38)30(26)29(25)33(37)31(24)35/h11,17,19,21,23,28H,3-10,12-16,18,20H2,1-2H3. The summed E-state index contributed by atoms with van der Waals surface area (Å²) in [6.07, 6.45) is 15.2. The summed E-state index contributed by atoms with van der Waals surface area (Å²) in [7, 11) is 0. The average molecular weight is 543 g/mol. The summed E-state index contributed by atoms with van der Waals surface area (Å²) in [4.78, 5) is 0. The SMILES string of the molecule is CCCCCC1CC=C(CCc2cc3c(c(F)c2F)-c2c(cc(C4CCC(CCC)CO4)c(F)c2F)C3)CC1. The van der Waals surface area contributed by atoms with Crippen LogP contribution in [0.2, 0.25) is 0 Å². The molecule has 1 saturated heterocycles. The summed E-state index contributed by atoms with van der Waals surface area (Å²) in [5, 5.41) is 0. The first-order valence-electron chi connectivity index (χ1n) is 15.2. The maximum Gasteiger partial charge on any atom is 0.167 e. The van der Waals surface area contributed by atoms with Crippen LogP contribution in [0.25, 0.3) is 11.1 Å². The maximum absolute atomic E-state index is 15.4. The van der Waals surface area contributed by atoms with Crippen LogP contribution in [0.3, 0.4) is 0 Å². The number of fused-ring (bicyclic) bond motifs is 3. The zero-order valence-corrected chi connectivity index (χ0v) is 23.5. The van der Waals surface area contributed by atoms with E-state index in [-0.39, 0.29) is 23.1 Å². The summed E-state index contributed by atoms with van der Waals surface area (Å²) in [6, 6.07) is 3.30. The molecule has 0 bridgehead atoms. The Kier molecular flexibility index (Phi) is 9.16. The Morgan fingerprint density at radius 2 is 1.54 bits per heavy atom. The van der Waals surface area contributed by atoms with E-state index >= 15 is 17.6 Å². The van der Waals surface area contributed by atoms with Crippen molar-refractivity contribution in [2.24, 2.45) is 11.8 Å². The molecule has 1 aliphatic heterocycles. The highest BCUT2D eigenvalue weighted by Crippen LogP contribution is 2.45. The number of rotatable bonds is 10. The molecule has 2 aromatic carbocycles. The number of allylic oxidation sites excluding steroid dienone is 2. The topological polar surface area (TPSA) is 9.23 Å². The second-order valence-corrected chi connectivity index (χ2v) is 12.1. The fraction of sp³-hybridized carbons (Fsp3) is 0.588. The highest BCUT2D eigenvalue weighted by atomic mass is 19.2. The number of benzene rings is 2. The van der Waals surface area contributed by atoms with Crippen molar-refractivity contribution in [1.29, 1.82) is 0 Å². The normalized spacial score (nSPS) is 22.5. The fourth-order valence-electron chi connectivity index (χ4n) is 6.98. The smallest absolute Gasteiger partial charge is 0.167 e. The molecule has 0 N–H and O–H groups in total. The van der Waals surface area contributed by atoms with Gasteiger partial charge in [0.2, 0.25) is 0 Å². The number of unbranched alkanes of at least 4 members (excludes halogenated alkanes) is 2. The molecule has 3 aliphatic rings. The van der Waals surface area contributed by atoms with Gasteiger partial charge in [-0.15, -0.1) is 0 Å². The molecule has 212 valence electrons. The van der Waals surface area contributed by atoms with Crippen molar-refractivity contribution >= 4 is 0 Å². The molecule has 3 unspecified atom stereocenters. The van der Waals surface area contributed by atoms with E-state index in [2.05, 4.69) is 19.9 Å². The lowest BCUT2D eigenvalue weighted by atomic mass is 9.84. The minimum Gasteiger partial charge on any atom is -0.373 e. The second kappa shape index (κ2) is 12.6. The highest BCUT2D eigenvalue weighted by Gasteiger charge is 2.34. The third-order valence-corrected chi connectivity index (χ3v) is 9.27. The first kappa shape index (κ1) is 28.4. The molecule has 1 fully saturated rings. The van der Waals surface area contributed by atoms with Crippen molar-refractivity contribution in [3.63, 3.8) is 0 Å². The van der Waals surface area contributed by atoms with Crippen LogP contribution in [0.15, 0.2) is 23.8 Å². The van der Waals surface area contributed by atoms with E-state index in [1.54, 1.807) is 12.1 Å². The number of hydrogen-bond acceptors (Lipinski definition) is 1. The van der Waals surface area contributed by atoms with Crippen LogP contribution in [0.5, 0.6) is 0 Å². The van der Waals surface area contributed by atoms with Crippen LogP contribution in [-0.4, -0.2) is 6.61 Å². The van der Waals surface area contributed by atoms with Gasteiger partial charge in [0.1, 0.15) is 0 Å². The molecule has 3 atom stereocenters. The van der Waals surface area contributed by atoms with Crippen LogP contribution in [0, 0.1) is 35.1 Å².